The van der Waals surface area contributed by atoms with Crippen LogP contribution < -0.4 is 10.6 Å². The smallest absolute Gasteiger partial charge is 0.408 e. The minimum absolute atomic E-state index is 0.306. The third-order valence-corrected chi connectivity index (χ3v) is 5.81. The van der Waals surface area contributed by atoms with Crippen LogP contribution in [0, 0.1) is 0 Å². The van der Waals surface area contributed by atoms with Crippen molar-refractivity contribution < 1.29 is 9.53 Å². The predicted molar refractivity (Wildman–Crippen MR) is 147 cm³/mol. The van der Waals surface area contributed by atoms with Crippen LogP contribution in [0.15, 0.2) is 60.9 Å². The summed E-state index contributed by atoms with van der Waals surface area (Å²) in [4.78, 5) is 27.7. The number of rotatable bonds is 9. The number of nitrogens with zero attached hydrogens (tertiary/aromatic N) is 2. The zero-order chi connectivity index (χ0) is 26.4. The Bertz CT molecular complexity index is 1300. The first kappa shape index (κ1) is 26.2. The molecule has 2 heterocycles. The molecule has 8 heteroatoms. The Labute approximate surface area is 218 Å². The summed E-state index contributed by atoms with van der Waals surface area (Å²) in [6.45, 7) is 11.3. The number of hydrogen-bond donors (Lipinski definition) is 4. The Balaban J connectivity index is 1.39. The van der Waals surface area contributed by atoms with Gasteiger partial charge < -0.3 is 25.3 Å². The van der Waals surface area contributed by atoms with Crippen LogP contribution in [0.2, 0.25) is 0 Å². The number of imidazole rings is 2. The second-order valence-electron chi connectivity index (χ2n) is 10.1. The fraction of sp³-hybridized carbons (Fsp3) is 0.345. The van der Waals surface area contributed by atoms with Crippen LogP contribution in [0.4, 0.5) is 4.79 Å². The summed E-state index contributed by atoms with van der Waals surface area (Å²) in [5, 5.41) is 6.18. The molecule has 1 atom stereocenters. The predicted octanol–water partition coefficient (Wildman–Crippen LogP) is 6.22. The average molecular weight is 501 g/mol. The number of amides is 1. The summed E-state index contributed by atoms with van der Waals surface area (Å²) in [7, 11) is 0. The average Bonchev–Trinajstić information content (AvgIpc) is 3.54. The van der Waals surface area contributed by atoms with Crippen LogP contribution >= 0.6 is 0 Å². The van der Waals surface area contributed by atoms with Gasteiger partial charge in [0.1, 0.15) is 17.2 Å². The molecule has 8 nitrogen and oxygen atoms in total. The fourth-order valence-electron chi connectivity index (χ4n) is 3.92. The quantitative estimate of drug-likeness (QED) is 0.204. The van der Waals surface area contributed by atoms with E-state index in [0.717, 1.165) is 59.0 Å². The number of hydrogen-bond acceptors (Lipinski definition) is 5. The highest BCUT2D eigenvalue weighted by atomic mass is 16.6. The van der Waals surface area contributed by atoms with E-state index >= 15 is 0 Å². The van der Waals surface area contributed by atoms with E-state index in [0.29, 0.717) is 5.82 Å². The van der Waals surface area contributed by atoms with Gasteiger partial charge >= 0.3 is 6.09 Å². The number of aromatic nitrogens is 4. The van der Waals surface area contributed by atoms with Crippen molar-refractivity contribution >= 4 is 6.09 Å². The van der Waals surface area contributed by atoms with Crippen molar-refractivity contribution in [2.24, 2.45) is 0 Å². The molecule has 2 aromatic carbocycles. The summed E-state index contributed by atoms with van der Waals surface area (Å²) >= 11 is 0. The molecular weight excluding hydrogens is 464 g/mol. The van der Waals surface area contributed by atoms with Crippen molar-refractivity contribution in [1.29, 1.82) is 0 Å². The number of aromatic amines is 2. The minimum atomic E-state index is -0.547. The third kappa shape index (κ3) is 7.07. The molecule has 2 aromatic heterocycles. The van der Waals surface area contributed by atoms with Crippen molar-refractivity contribution in [3.8, 4) is 33.6 Å². The Kier molecular flexibility index (Phi) is 8.08. The summed E-state index contributed by atoms with van der Waals surface area (Å²) in [6, 6.07) is 16.5. The maximum absolute atomic E-state index is 12.1. The number of carbonyl (C=O) groups excluding carboxylic acids is 1. The molecule has 0 fully saturated rings. The van der Waals surface area contributed by atoms with Gasteiger partial charge in [0.05, 0.1) is 36.4 Å². The van der Waals surface area contributed by atoms with E-state index in [2.05, 4.69) is 86.0 Å². The number of H-pyrrole nitrogens is 2. The van der Waals surface area contributed by atoms with Gasteiger partial charge in [-0.25, -0.2) is 14.8 Å². The van der Waals surface area contributed by atoms with Gasteiger partial charge in [-0.3, -0.25) is 0 Å². The Morgan fingerprint density at radius 3 is 2.00 bits per heavy atom. The fourth-order valence-corrected chi connectivity index (χ4v) is 3.92. The molecule has 0 spiro atoms. The van der Waals surface area contributed by atoms with Gasteiger partial charge in [0.2, 0.25) is 0 Å². The van der Waals surface area contributed by atoms with E-state index in [1.54, 1.807) is 6.20 Å². The van der Waals surface area contributed by atoms with Crippen molar-refractivity contribution in [1.82, 2.24) is 30.6 Å². The highest BCUT2D eigenvalue weighted by Crippen LogP contribution is 2.27. The molecule has 4 rings (SSSR count). The number of nitrogens with one attached hydrogen (secondary N) is 4. The van der Waals surface area contributed by atoms with E-state index in [1.807, 2.05) is 33.9 Å². The maximum Gasteiger partial charge on any atom is 0.408 e. The van der Waals surface area contributed by atoms with Gasteiger partial charge in [-0.15, -0.1) is 0 Å². The molecule has 4 aromatic rings. The van der Waals surface area contributed by atoms with Gasteiger partial charge in [0.15, 0.2) is 0 Å². The molecule has 0 unspecified atom stereocenters. The highest BCUT2D eigenvalue weighted by Gasteiger charge is 2.19. The topological polar surface area (TPSA) is 108 Å². The highest BCUT2D eigenvalue weighted by molar-refractivity contribution is 5.71. The standard InChI is InChI=1S/C29H36N6O2/c1-6-15-30-18-26-31-16-24(34-26)22-11-7-20(8-12-22)21-9-13-23(14-10-21)25-17-32-27(35-25)19(2)33-28(36)37-29(3,4)5/h7-14,16-17,19,30H,6,15,18H2,1-5H3,(H,31,34)(H,32,35)(H,33,36)/t19-/m0/s1. The van der Waals surface area contributed by atoms with Gasteiger partial charge in [-0.05, 0) is 62.9 Å². The summed E-state index contributed by atoms with van der Waals surface area (Å²) in [5.74, 6) is 1.61. The van der Waals surface area contributed by atoms with Crippen molar-refractivity contribution in [2.45, 2.75) is 59.2 Å². The van der Waals surface area contributed by atoms with Crippen LogP contribution in [0.1, 0.15) is 58.7 Å². The molecule has 0 bridgehead atoms. The molecule has 0 aliphatic rings. The second kappa shape index (κ2) is 11.4. The lowest BCUT2D eigenvalue weighted by Crippen LogP contribution is -2.34. The van der Waals surface area contributed by atoms with Gasteiger partial charge in [-0.2, -0.15) is 0 Å². The number of carbonyl (C=O) groups is 1. The first-order chi connectivity index (χ1) is 17.7. The Hall–Kier alpha value is -3.91. The minimum Gasteiger partial charge on any atom is -0.444 e. The van der Waals surface area contributed by atoms with E-state index in [-0.39, 0.29) is 6.04 Å². The molecule has 1 amide bonds. The molecule has 0 saturated heterocycles. The Morgan fingerprint density at radius 1 is 0.892 bits per heavy atom. The van der Waals surface area contributed by atoms with Crippen molar-refractivity contribution in [2.75, 3.05) is 6.54 Å². The summed E-state index contributed by atoms with van der Waals surface area (Å²) in [5.41, 5.74) is 5.75. The Morgan fingerprint density at radius 2 is 1.43 bits per heavy atom. The van der Waals surface area contributed by atoms with Crippen molar-refractivity contribution in [3.05, 3.63) is 72.6 Å². The van der Waals surface area contributed by atoms with Crippen LogP contribution in [-0.4, -0.2) is 38.2 Å². The number of alkyl carbamates (subject to hydrolysis) is 1. The number of ether oxygens (including phenoxy) is 1. The molecule has 37 heavy (non-hydrogen) atoms. The van der Waals surface area contributed by atoms with Crippen molar-refractivity contribution in [3.63, 3.8) is 0 Å². The summed E-state index contributed by atoms with van der Waals surface area (Å²) in [6.07, 6.45) is 4.30. The largest absolute Gasteiger partial charge is 0.444 e. The molecule has 4 N–H and O–H groups in total. The SMILES string of the molecule is CCCNCc1ncc(-c2ccc(-c3ccc(-c4cnc([C@H](C)NC(=O)OC(C)(C)C)[nH]4)cc3)cc2)[nH]1. The molecule has 0 saturated carbocycles. The normalized spacial score (nSPS) is 12.4. The lowest BCUT2D eigenvalue weighted by Gasteiger charge is -2.21. The maximum atomic E-state index is 12.1. The number of benzene rings is 2. The first-order valence-corrected chi connectivity index (χ1v) is 12.7. The zero-order valence-electron chi connectivity index (χ0n) is 22.2. The van der Waals surface area contributed by atoms with E-state index in [9.17, 15) is 4.79 Å². The van der Waals surface area contributed by atoms with Gasteiger partial charge in [-0.1, -0.05) is 55.5 Å². The van der Waals surface area contributed by atoms with Crippen LogP contribution in [0.25, 0.3) is 33.6 Å². The lowest BCUT2D eigenvalue weighted by molar-refractivity contribution is 0.0506. The van der Waals surface area contributed by atoms with Crippen LogP contribution in [-0.2, 0) is 11.3 Å². The summed E-state index contributed by atoms with van der Waals surface area (Å²) < 4.78 is 5.33. The van der Waals surface area contributed by atoms with E-state index in [4.69, 9.17) is 4.74 Å². The van der Waals surface area contributed by atoms with E-state index in [1.165, 1.54) is 0 Å². The van der Waals surface area contributed by atoms with Crippen LogP contribution in [0.5, 0.6) is 0 Å². The molecular formula is C29H36N6O2. The third-order valence-electron chi connectivity index (χ3n) is 5.81. The molecule has 194 valence electrons. The van der Waals surface area contributed by atoms with Gasteiger partial charge in [0, 0.05) is 0 Å². The zero-order valence-corrected chi connectivity index (χ0v) is 22.2. The molecule has 0 radical (unpaired) electrons. The second-order valence-corrected chi connectivity index (χ2v) is 10.1. The first-order valence-electron chi connectivity index (χ1n) is 12.7. The molecule has 0 aliphatic heterocycles. The van der Waals surface area contributed by atoms with Crippen LogP contribution in [0.3, 0.4) is 0 Å². The molecule has 0 aliphatic carbocycles. The van der Waals surface area contributed by atoms with Gasteiger partial charge in [0.25, 0.3) is 0 Å². The van der Waals surface area contributed by atoms with E-state index < -0.39 is 11.7 Å². The lowest BCUT2D eigenvalue weighted by atomic mass is 10.0. The monoisotopic (exact) mass is 500 g/mol.